The lowest BCUT2D eigenvalue weighted by Gasteiger charge is -1.98. The van der Waals surface area contributed by atoms with Crippen LogP contribution in [-0.2, 0) is 0 Å². The summed E-state index contributed by atoms with van der Waals surface area (Å²) in [7, 11) is 0. The zero-order valence-corrected chi connectivity index (χ0v) is 16.2. The second-order valence-electron chi connectivity index (χ2n) is 6.54. The summed E-state index contributed by atoms with van der Waals surface area (Å²) in [6.45, 7) is 8.47. The fourth-order valence-corrected chi connectivity index (χ4v) is 2.58. The van der Waals surface area contributed by atoms with Gasteiger partial charge in [0.25, 0.3) is 0 Å². The summed E-state index contributed by atoms with van der Waals surface area (Å²) in [5, 5.41) is 2.68. The summed E-state index contributed by atoms with van der Waals surface area (Å²) in [6, 6.07) is 33.4. The van der Waals surface area contributed by atoms with Crippen LogP contribution in [0.25, 0.3) is 10.8 Å². The molecule has 0 bridgehead atoms. The molecule has 0 unspecified atom stereocenters. The largest absolute Gasteiger partial charge is 0.0622 e. The van der Waals surface area contributed by atoms with Crippen molar-refractivity contribution in [3.63, 3.8) is 0 Å². The van der Waals surface area contributed by atoms with Crippen molar-refractivity contribution in [3.05, 3.63) is 119 Å². The van der Waals surface area contributed by atoms with E-state index in [-0.39, 0.29) is 0 Å². The van der Waals surface area contributed by atoms with Gasteiger partial charge in [0.2, 0.25) is 0 Å². The van der Waals surface area contributed by atoms with E-state index in [4.69, 9.17) is 0 Å². The molecule has 26 heavy (non-hydrogen) atoms. The number of fused-ring (bicyclic) bond motifs is 1. The van der Waals surface area contributed by atoms with E-state index in [1.54, 1.807) is 0 Å². The minimum Gasteiger partial charge on any atom is -0.0622 e. The van der Waals surface area contributed by atoms with Crippen molar-refractivity contribution in [2.45, 2.75) is 27.7 Å². The molecular formula is C26H28. The van der Waals surface area contributed by atoms with E-state index in [1.165, 1.54) is 33.0 Å². The monoisotopic (exact) mass is 340 g/mol. The highest BCUT2D eigenvalue weighted by molar-refractivity contribution is 5.85. The van der Waals surface area contributed by atoms with Gasteiger partial charge < -0.3 is 0 Å². The zero-order chi connectivity index (χ0) is 18.8. The standard InChI is InChI=1S/C11H10.C8H10.C7H8/c1-9-5-4-7-10-6-2-3-8-11(9)10;1-7-5-3-4-6-8(7)2;1-7-5-3-2-4-6-7/h2-8H,1H3;3-6H,1-2H3;2-6H,1H3. The number of rotatable bonds is 0. The maximum absolute atomic E-state index is 2.16. The molecule has 0 aromatic heterocycles. The van der Waals surface area contributed by atoms with Crippen molar-refractivity contribution < 1.29 is 0 Å². The molecule has 0 heteroatoms. The maximum Gasteiger partial charge on any atom is -0.0155 e. The van der Waals surface area contributed by atoms with E-state index in [0.29, 0.717) is 0 Å². The lowest BCUT2D eigenvalue weighted by molar-refractivity contribution is 1.34. The fourth-order valence-electron chi connectivity index (χ4n) is 2.58. The van der Waals surface area contributed by atoms with Crippen LogP contribution in [-0.4, -0.2) is 0 Å². The third-order valence-electron chi connectivity index (χ3n) is 4.37. The summed E-state index contributed by atoms with van der Waals surface area (Å²) in [6.07, 6.45) is 0. The molecule has 0 atom stereocenters. The van der Waals surface area contributed by atoms with Gasteiger partial charge in [0.05, 0.1) is 0 Å². The predicted molar refractivity (Wildman–Crippen MR) is 116 cm³/mol. The van der Waals surface area contributed by atoms with E-state index in [9.17, 15) is 0 Å². The average molecular weight is 341 g/mol. The molecule has 0 aliphatic carbocycles. The second kappa shape index (κ2) is 10.2. The Morgan fingerprint density at radius 1 is 0.385 bits per heavy atom. The normalized spacial score (nSPS) is 9.54. The number of hydrogen-bond donors (Lipinski definition) is 0. The fraction of sp³-hybridized carbons (Fsp3) is 0.154. The van der Waals surface area contributed by atoms with E-state index >= 15 is 0 Å². The van der Waals surface area contributed by atoms with Gasteiger partial charge in [-0.05, 0) is 55.2 Å². The molecule has 0 radical (unpaired) electrons. The highest BCUT2D eigenvalue weighted by Crippen LogP contribution is 2.16. The Hall–Kier alpha value is -2.86. The first-order valence-electron chi connectivity index (χ1n) is 9.06. The smallest absolute Gasteiger partial charge is 0.0155 e. The molecule has 0 N–H and O–H groups in total. The van der Waals surface area contributed by atoms with E-state index in [1.807, 2.05) is 18.2 Å². The van der Waals surface area contributed by atoms with Crippen molar-refractivity contribution in [1.82, 2.24) is 0 Å². The van der Waals surface area contributed by atoms with Gasteiger partial charge in [0.1, 0.15) is 0 Å². The van der Waals surface area contributed by atoms with Gasteiger partial charge in [0, 0.05) is 0 Å². The summed E-state index contributed by atoms with van der Waals surface area (Å²) in [4.78, 5) is 0. The molecule has 132 valence electrons. The Balaban J connectivity index is 0.000000145. The molecule has 0 saturated heterocycles. The maximum atomic E-state index is 2.16. The molecule has 0 spiro atoms. The van der Waals surface area contributed by atoms with Crippen molar-refractivity contribution in [3.8, 4) is 0 Å². The Kier molecular flexibility index (Phi) is 7.64. The van der Waals surface area contributed by atoms with Gasteiger partial charge in [-0.25, -0.2) is 0 Å². The van der Waals surface area contributed by atoms with Crippen LogP contribution < -0.4 is 0 Å². The minimum atomic E-state index is 1.32. The van der Waals surface area contributed by atoms with Gasteiger partial charge in [-0.2, -0.15) is 0 Å². The van der Waals surface area contributed by atoms with Crippen molar-refractivity contribution in [1.29, 1.82) is 0 Å². The minimum absolute atomic E-state index is 1.32. The third kappa shape index (κ3) is 6.22. The highest BCUT2D eigenvalue weighted by Gasteiger charge is 1.92. The van der Waals surface area contributed by atoms with Crippen LogP contribution in [0.5, 0.6) is 0 Å². The molecular weight excluding hydrogens is 312 g/mol. The Labute approximate surface area is 158 Å². The van der Waals surface area contributed by atoms with Crippen molar-refractivity contribution >= 4 is 10.8 Å². The van der Waals surface area contributed by atoms with Crippen LogP contribution in [0.4, 0.5) is 0 Å². The van der Waals surface area contributed by atoms with Crippen LogP contribution in [0.1, 0.15) is 22.3 Å². The van der Waals surface area contributed by atoms with Crippen LogP contribution in [0.3, 0.4) is 0 Å². The van der Waals surface area contributed by atoms with Crippen molar-refractivity contribution in [2.75, 3.05) is 0 Å². The number of benzene rings is 4. The van der Waals surface area contributed by atoms with Gasteiger partial charge in [-0.1, -0.05) is 103 Å². The predicted octanol–water partition coefficient (Wildman–Crippen LogP) is 7.45. The van der Waals surface area contributed by atoms with Crippen LogP contribution in [0.2, 0.25) is 0 Å². The van der Waals surface area contributed by atoms with Crippen LogP contribution in [0.15, 0.2) is 97.1 Å². The molecule has 0 nitrogen and oxygen atoms in total. The summed E-state index contributed by atoms with van der Waals surface area (Å²) in [5.41, 5.74) is 5.41. The average Bonchev–Trinajstić information content (AvgIpc) is 2.66. The first-order chi connectivity index (χ1) is 12.6. The van der Waals surface area contributed by atoms with Gasteiger partial charge in [0.15, 0.2) is 0 Å². The third-order valence-corrected chi connectivity index (χ3v) is 4.37. The molecule has 0 aliphatic heterocycles. The Bertz CT molecular complexity index is 894. The van der Waals surface area contributed by atoms with Crippen LogP contribution in [0, 0.1) is 27.7 Å². The van der Waals surface area contributed by atoms with E-state index in [2.05, 4.69) is 107 Å². The van der Waals surface area contributed by atoms with E-state index in [0.717, 1.165) is 0 Å². The molecule has 4 aromatic carbocycles. The molecule has 4 rings (SSSR count). The second-order valence-corrected chi connectivity index (χ2v) is 6.54. The summed E-state index contributed by atoms with van der Waals surface area (Å²) < 4.78 is 0. The topological polar surface area (TPSA) is 0 Å². The SMILES string of the molecule is Cc1cccc2ccccc12.Cc1ccccc1.Cc1ccccc1C. The lowest BCUT2D eigenvalue weighted by atomic mass is 10.1. The Morgan fingerprint density at radius 2 is 0.846 bits per heavy atom. The van der Waals surface area contributed by atoms with Crippen molar-refractivity contribution in [2.24, 2.45) is 0 Å². The first kappa shape index (κ1) is 19.5. The first-order valence-corrected chi connectivity index (χ1v) is 9.06. The molecule has 0 amide bonds. The Morgan fingerprint density at radius 3 is 1.35 bits per heavy atom. The number of hydrogen-bond acceptors (Lipinski definition) is 0. The molecule has 0 heterocycles. The summed E-state index contributed by atoms with van der Waals surface area (Å²) in [5.74, 6) is 0. The molecule has 4 aromatic rings. The molecule has 0 saturated carbocycles. The van der Waals surface area contributed by atoms with E-state index < -0.39 is 0 Å². The summed E-state index contributed by atoms with van der Waals surface area (Å²) >= 11 is 0. The zero-order valence-electron chi connectivity index (χ0n) is 16.2. The van der Waals surface area contributed by atoms with Gasteiger partial charge in [-0.15, -0.1) is 0 Å². The molecule has 0 fully saturated rings. The van der Waals surface area contributed by atoms with Gasteiger partial charge in [-0.3, -0.25) is 0 Å². The molecule has 0 aliphatic rings. The lowest BCUT2D eigenvalue weighted by Crippen LogP contribution is -1.75. The number of aryl methyl sites for hydroxylation is 4. The quantitative estimate of drug-likeness (QED) is 0.312. The van der Waals surface area contributed by atoms with Gasteiger partial charge >= 0.3 is 0 Å². The highest BCUT2D eigenvalue weighted by atomic mass is 14.0. The van der Waals surface area contributed by atoms with Crippen LogP contribution >= 0.6 is 0 Å².